The van der Waals surface area contributed by atoms with Gasteiger partial charge in [0, 0.05) is 21.7 Å². The third kappa shape index (κ3) is 5.22. The van der Waals surface area contributed by atoms with Crippen LogP contribution in [0, 0.1) is 6.92 Å². The Bertz CT molecular complexity index is 727. The molecular formula is C16H15ClF2N2OS2. The van der Waals surface area contributed by atoms with Gasteiger partial charge in [0.05, 0.1) is 12.8 Å². The zero-order valence-electron chi connectivity index (χ0n) is 12.9. The number of thiocarbonyl (C=S) groups is 1. The third-order valence-electron chi connectivity index (χ3n) is 3.07. The summed E-state index contributed by atoms with van der Waals surface area (Å²) in [7, 11) is 1.54. The normalized spacial score (nSPS) is 10.6. The smallest absolute Gasteiger partial charge is 0.288 e. The molecule has 2 aromatic rings. The van der Waals surface area contributed by atoms with E-state index in [4.69, 9.17) is 28.6 Å². The van der Waals surface area contributed by atoms with Crippen molar-refractivity contribution in [1.29, 1.82) is 0 Å². The number of nitrogens with one attached hydrogen (secondary N) is 2. The van der Waals surface area contributed by atoms with E-state index in [0.29, 0.717) is 43.9 Å². The van der Waals surface area contributed by atoms with Crippen LogP contribution in [0.5, 0.6) is 5.75 Å². The summed E-state index contributed by atoms with van der Waals surface area (Å²) in [4.78, 5) is 0.490. The summed E-state index contributed by atoms with van der Waals surface area (Å²) < 4.78 is 29.9. The molecule has 0 aliphatic rings. The van der Waals surface area contributed by atoms with Gasteiger partial charge in [0.2, 0.25) is 0 Å². The molecular weight excluding hydrogens is 374 g/mol. The third-order valence-corrected chi connectivity index (χ3v) is 4.40. The van der Waals surface area contributed by atoms with Crippen molar-refractivity contribution < 1.29 is 13.5 Å². The van der Waals surface area contributed by atoms with E-state index in [2.05, 4.69) is 10.6 Å². The maximum Gasteiger partial charge on any atom is 0.288 e. The van der Waals surface area contributed by atoms with Crippen LogP contribution >= 0.6 is 35.6 Å². The first-order valence-electron chi connectivity index (χ1n) is 6.86. The summed E-state index contributed by atoms with van der Waals surface area (Å²) in [5.74, 6) is -1.87. The number of alkyl halides is 2. The Morgan fingerprint density at radius 1 is 1.21 bits per heavy atom. The van der Waals surface area contributed by atoms with Gasteiger partial charge in [-0.1, -0.05) is 23.4 Å². The number of halogens is 3. The molecule has 0 saturated heterocycles. The van der Waals surface area contributed by atoms with Crippen molar-refractivity contribution in [2.45, 2.75) is 17.6 Å². The molecule has 0 radical (unpaired) electrons. The van der Waals surface area contributed by atoms with E-state index < -0.39 is 5.76 Å². The molecule has 0 fully saturated rings. The fraction of sp³-hybridized carbons (Fsp3) is 0.188. The molecule has 128 valence electrons. The fourth-order valence-electron chi connectivity index (χ4n) is 1.93. The van der Waals surface area contributed by atoms with Crippen LogP contribution in [0.25, 0.3) is 0 Å². The Morgan fingerprint density at radius 3 is 2.46 bits per heavy atom. The lowest BCUT2D eigenvalue weighted by atomic mass is 10.2. The standard InChI is InChI=1S/C16H15ClF2N2OS2/c1-9-7-13(14(22-2)8-12(9)17)21-16(23)20-10-3-5-11(6-4-10)24-15(18)19/h3-8,15H,1-2H3,(H2,20,21,23). The van der Waals surface area contributed by atoms with Crippen molar-refractivity contribution in [1.82, 2.24) is 0 Å². The highest BCUT2D eigenvalue weighted by atomic mass is 35.5. The molecule has 0 aliphatic carbocycles. The lowest BCUT2D eigenvalue weighted by Crippen LogP contribution is -2.19. The van der Waals surface area contributed by atoms with E-state index in [1.165, 1.54) is 0 Å². The van der Waals surface area contributed by atoms with Crippen molar-refractivity contribution in [2.75, 3.05) is 17.7 Å². The zero-order chi connectivity index (χ0) is 17.7. The highest BCUT2D eigenvalue weighted by Crippen LogP contribution is 2.31. The topological polar surface area (TPSA) is 33.3 Å². The van der Waals surface area contributed by atoms with Crippen molar-refractivity contribution in [3.8, 4) is 5.75 Å². The second-order valence-electron chi connectivity index (χ2n) is 4.78. The summed E-state index contributed by atoms with van der Waals surface area (Å²) in [5.41, 5.74) is 2.26. The van der Waals surface area contributed by atoms with Gasteiger partial charge >= 0.3 is 0 Å². The summed E-state index contributed by atoms with van der Waals surface area (Å²) in [5, 5.41) is 6.98. The lowest BCUT2D eigenvalue weighted by molar-refractivity contribution is 0.252. The van der Waals surface area contributed by atoms with Gasteiger partial charge in [-0.15, -0.1) is 0 Å². The van der Waals surface area contributed by atoms with E-state index in [-0.39, 0.29) is 0 Å². The molecule has 3 nitrogen and oxygen atoms in total. The highest BCUT2D eigenvalue weighted by molar-refractivity contribution is 7.99. The maximum atomic E-state index is 12.3. The van der Waals surface area contributed by atoms with Gasteiger partial charge in [0.15, 0.2) is 5.11 Å². The van der Waals surface area contributed by atoms with Gasteiger partial charge in [-0.25, -0.2) is 0 Å². The maximum absolute atomic E-state index is 12.3. The number of rotatable bonds is 5. The first kappa shape index (κ1) is 18.8. The van der Waals surface area contributed by atoms with Gasteiger partial charge in [-0.05, 0) is 55.0 Å². The minimum atomic E-state index is -2.44. The highest BCUT2D eigenvalue weighted by Gasteiger charge is 2.09. The fourth-order valence-corrected chi connectivity index (χ4v) is 2.81. The number of ether oxygens (including phenoxy) is 1. The molecule has 0 aliphatic heterocycles. The Balaban J connectivity index is 2.04. The summed E-state index contributed by atoms with van der Waals surface area (Å²) in [6, 6.07) is 10.1. The zero-order valence-corrected chi connectivity index (χ0v) is 15.3. The summed E-state index contributed by atoms with van der Waals surface area (Å²) in [6.45, 7) is 1.88. The molecule has 2 rings (SSSR count). The predicted molar refractivity (Wildman–Crippen MR) is 101 cm³/mol. The molecule has 2 aromatic carbocycles. The van der Waals surface area contributed by atoms with E-state index in [1.807, 2.05) is 13.0 Å². The summed E-state index contributed by atoms with van der Waals surface area (Å²) in [6.07, 6.45) is 0. The van der Waals surface area contributed by atoms with E-state index in [9.17, 15) is 8.78 Å². The number of anilines is 2. The van der Waals surface area contributed by atoms with Crippen molar-refractivity contribution in [2.24, 2.45) is 0 Å². The van der Waals surface area contributed by atoms with Crippen molar-refractivity contribution in [3.05, 3.63) is 47.0 Å². The van der Waals surface area contributed by atoms with Crippen molar-refractivity contribution >= 4 is 52.1 Å². The number of benzene rings is 2. The van der Waals surface area contributed by atoms with Crippen LogP contribution in [-0.4, -0.2) is 18.0 Å². The molecule has 0 amide bonds. The number of thioether (sulfide) groups is 1. The van der Waals surface area contributed by atoms with Crippen LogP contribution in [0.4, 0.5) is 20.2 Å². The second kappa shape index (κ2) is 8.50. The predicted octanol–water partition coefficient (Wildman–Crippen LogP) is 5.78. The number of hydrogen-bond donors (Lipinski definition) is 2. The van der Waals surface area contributed by atoms with Crippen LogP contribution in [-0.2, 0) is 0 Å². The van der Waals surface area contributed by atoms with Crippen LogP contribution in [0.1, 0.15) is 5.56 Å². The SMILES string of the molecule is COc1cc(Cl)c(C)cc1NC(=S)Nc1ccc(SC(F)F)cc1. The van der Waals surface area contributed by atoms with Gasteiger partial charge < -0.3 is 15.4 Å². The molecule has 0 saturated carbocycles. The molecule has 2 N–H and O–H groups in total. The Kier molecular flexibility index (Phi) is 6.65. The van der Waals surface area contributed by atoms with E-state index in [1.54, 1.807) is 37.4 Å². The molecule has 8 heteroatoms. The first-order chi connectivity index (χ1) is 11.4. The van der Waals surface area contributed by atoms with Crippen LogP contribution < -0.4 is 15.4 Å². The Morgan fingerprint density at radius 2 is 1.88 bits per heavy atom. The summed E-state index contributed by atoms with van der Waals surface area (Å²) >= 11 is 11.8. The number of aryl methyl sites for hydroxylation is 1. The lowest BCUT2D eigenvalue weighted by Gasteiger charge is -2.15. The minimum absolute atomic E-state index is 0.351. The van der Waals surface area contributed by atoms with E-state index in [0.717, 1.165) is 5.56 Å². The number of methoxy groups -OCH3 is 1. The average Bonchev–Trinajstić information content (AvgIpc) is 2.52. The van der Waals surface area contributed by atoms with E-state index >= 15 is 0 Å². The van der Waals surface area contributed by atoms with Gasteiger partial charge in [-0.2, -0.15) is 8.78 Å². The molecule has 0 spiro atoms. The number of hydrogen-bond acceptors (Lipinski definition) is 3. The molecule has 0 heterocycles. The molecule has 0 atom stereocenters. The molecule has 0 bridgehead atoms. The van der Waals surface area contributed by atoms with Gasteiger partial charge in [0.1, 0.15) is 5.75 Å². The minimum Gasteiger partial charge on any atom is -0.495 e. The molecule has 0 aromatic heterocycles. The van der Waals surface area contributed by atoms with Gasteiger partial charge in [-0.3, -0.25) is 0 Å². The average molecular weight is 389 g/mol. The van der Waals surface area contributed by atoms with Crippen LogP contribution in [0.15, 0.2) is 41.3 Å². The Labute approximate surface area is 153 Å². The largest absolute Gasteiger partial charge is 0.495 e. The quantitative estimate of drug-likeness (QED) is 0.501. The Hall–Kier alpha value is -1.57. The monoisotopic (exact) mass is 388 g/mol. The van der Waals surface area contributed by atoms with Crippen LogP contribution in [0.3, 0.4) is 0 Å². The van der Waals surface area contributed by atoms with Crippen molar-refractivity contribution in [3.63, 3.8) is 0 Å². The first-order valence-corrected chi connectivity index (χ1v) is 8.52. The second-order valence-corrected chi connectivity index (χ2v) is 6.66. The molecule has 0 unspecified atom stereocenters. The van der Waals surface area contributed by atoms with Gasteiger partial charge in [0.25, 0.3) is 5.76 Å². The van der Waals surface area contributed by atoms with Crippen LogP contribution in [0.2, 0.25) is 5.02 Å². The molecule has 24 heavy (non-hydrogen) atoms.